The third kappa shape index (κ3) is 2.49. The summed E-state index contributed by atoms with van der Waals surface area (Å²) in [6.45, 7) is 3.38. The smallest absolute Gasteiger partial charge is 0.262 e. The molecule has 0 unspecified atom stereocenters. The Bertz CT molecular complexity index is 505. The molecule has 2 aromatic rings. The number of Topliss-reactive ketones (excluding diaryl/α,β-unsaturated/α-hetero) is 1. The lowest BCUT2D eigenvalue weighted by Crippen LogP contribution is -1.92. The van der Waals surface area contributed by atoms with Gasteiger partial charge in [0.15, 0.2) is 5.78 Å². The van der Waals surface area contributed by atoms with E-state index in [1.807, 2.05) is 6.92 Å². The first-order chi connectivity index (χ1) is 7.65. The maximum absolute atomic E-state index is 11.0. The van der Waals surface area contributed by atoms with Gasteiger partial charge < -0.3 is 4.42 Å². The molecule has 0 N–H and O–H groups in total. The van der Waals surface area contributed by atoms with Crippen molar-refractivity contribution in [1.82, 2.24) is 9.97 Å². The van der Waals surface area contributed by atoms with Crippen LogP contribution >= 0.6 is 11.8 Å². The summed E-state index contributed by atoms with van der Waals surface area (Å²) in [5.41, 5.74) is 1.44. The van der Waals surface area contributed by atoms with Crippen LogP contribution in [0.1, 0.15) is 23.0 Å². The highest BCUT2D eigenvalue weighted by molar-refractivity contribution is 7.99. The highest BCUT2D eigenvalue weighted by atomic mass is 32.2. The van der Waals surface area contributed by atoms with Gasteiger partial charge in [-0.3, -0.25) is 4.79 Å². The maximum atomic E-state index is 11.0. The second-order valence-electron chi connectivity index (χ2n) is 3.30. The molecule has 0 aliphatic carbocycles. The number of ketones is 1. The monoisotopic (exact) mass is 234 g/mol. The molecule has 0 saturated carbocycles. The van der Waals surface area contributed by atoms with Crippen LogP contribution in [0.5, 0.6) is 0 Å². The van der Waals surface area contributed by atoms with E-state index in [4.69, 9.17) is 4.42 Å². The Balaban J connectivity index is 2.14. The summed E-state index contributed by atoms with van der Waals surface area (Å²) in [6, 6.07) is 3.52. The van der Waals surface area contributed by atoms with Crippen molar-refractivity contribution < 1.29 is 9.21 Å². The molecule has 0 amide bonds. The van der Waals surface area contributed by atoms with Gasteiger partial charge in [0.25, 0.3) is 5.22 Å². The Kier molecular flexibility index (Phi) is 3.05. The predicted octanol–water partition coefficient (Wildman–Crippen LogP) is 2.73. The van der Waals surface area contributed by atoms with Crippen LogP contribution in [0.3, 0.4) is 0 Å². The summed E-state index contributed by atoms with van der Waals surface area (Å²) in [5.74, 6) is 0.0102. The molecular formula is C11H10N2O2S. The highest BCUT2D eigenvalue weighted by Gasteiger charge is 2.05. The molecule has 16 heavy (non-hydrogen) atoms. The number of aryl methyl sites for hydroxylation is 1. The van der Waals surface area contributed by atoms with Gasteiger partial charge in [0.1, 0.15) is 11.3 Å². The molecule has 0 atom stereocenters. The maximum Gasteiger partial charge on any atom is 0.262 e. The fourth-order valence-corrected chi connectivity index (χ4v) is 1.82. The summed E-state index contributed by atoms with van der Waals surface area (Å²) in [4.78, 5) is 19.3. The zero-order valence-electron chi connectivity index (χ0n) is 8.93. The lowest BCUT2D eigenvalue weighted by Gasteiger charge is -1.97. The number of rotatable bonds is 3. The van der Waals surface area contributed by atoms with Gasteiger partial charge in [0.05, 0.1) is 5.69 Å². The minimum Gasteiger partial charge on any atom is -0.439 e. The summed E-state index contributed by atoms with van der Waals surface area (Å²) < 4.78 is 5.19. The molecule has 2 aromatic heterocycles. The number of carbonyl (C=O) groups excluding carboxylic acids is 1. The van der Waals surface area contributed by atoms with Crippen molar-refractivity contribution in [2.75, 3.05) is 0 Å². The van der Waals surface area contributed by atoms with E-state index in [9.17, 15) is 4.79 Å². The van der Waals surface area contributed by atoms with Gasteiger partial charge in [-0.2, -0.15) is 0 Å². The standard InChI is InChI=1S/C11H10N2O2S/c1-7-6-15-11(13-7)16-10-4-3-9(5-12-10)8(2)14/h3-6H,1-2H3. The van der Waals surface area contributed by atoms with Crippen molar-refractivity contribution in [2.24, 2.45) is 0 Å². The first kappa shape index (κ1) is 10.9. The molecule has 4 nitrogen and oxygen atoms in total. The average Bonchev–Trinajstić information content (AvgIpc) is 2.65. The van der Waals surface area contributed by atoms with Crippen LogP contribution in [0.25, 0.3) is 0 Å². The van der Waals surface area contributed by atoms with Crippen LogP contribution in [0.4, 0.5) is 0 Å². The summed E-state index contributed by atoms with van der Waals surface area (Å²) >= 11 is 1.33. The van der Waals surface area contributed by atoms with Gasteiger partial charge in [0, 0.05) is 11.8 Å². The van der Waals surface area contributed by atoms with Crippen molar-refractivity contribution in [2.45, 2.75) is 24.1 Å². The van der Waals surface area contributed by atoms with Gasteiger partial charge in [0.2, 0.25) is 0 Å². The number of oxazole rings is 1. The number of hydrogen-bond donors (Lipinski definition) is 0. The SMILES string of the molecule is CC(=O)c1ccc(Sc2nc(C)co2)nc1. The van der Waals surface area contributed by atoms with E-state index in [1.165, 1.54) is 18.7 Å². The zero-order valence-corrected chi connectivity index (χ0v) is 9.75. The number of pyridine rings is 1. The van der Waals surface area contributed by atoms with Crippen LogP contribution in [0.15, 0.2) is 39.3 Å². The topological polar surface area (TPSA) is 56.0 Å². The van der Waals surface area contributed by atoms with Crippen LogP contribution < -0.4 is 0 Å². The van der Waals surface area contributed by atoms with E-state index in [0.717, 1.165) is 10.7 Å². The molecular weight excluding hydrogens is 224 g/mol. The van der Waals surface area contributed by atoms with Crippen molar-refractivity contribution in [3.63, 3.8) is 0 Å². The molecule has 0 aliphatic rings. The Morgan fingerprint density at radius 3 is 2.75 bits per heavy atom. The summed E-state index contributed by atoms with van der Waals surface area (Å²) in [7, 11) is 0. The van der Waals surface area contributed by atoms with Gasteiger partial charge >= 0.3 is 0 Å². The molecule has 0 spiro atoms. The van der Waals surface area contributed by atoms with Gasteiger partial charge in [-0.05, 0) is 37.7 Å². The van der Waals surface area contributed by atoms with E-state index in [-0.39, 0.29) is 5.78 Å². The number of hydrogen-bond acceptors (Lipinski definition) is 5. The number of carbonyl (C=O) groups is 1. The van der Waals surface area contributed by atoms with Gasteiger partial charge in [-0.1, -0.05) is 0 Å². The van der Waals surface area contributed by atoms with Gasteiger partial charge in [-0.25, -0.2) is 9.97 Å². The number of aromatic nitrogens is 2. The molecule has 2 rings (SSSR count). The Labute approximate surface area is 97.1 Å². The Morgan fingerprint density at radius 1 is 1.44 bits per heavy atom. The molecule has 0 aliphatic heterocycles. The zero-order chi connectivity index (χ0) is 11.5. The fraction of sp³-hybridized carbons (Fsp3) is 0.182. The third-order valence-corrected chi connectivity index (χ3v) is 2.75. The molecule has 0 aromatic carbocycles. The van der Waals surface area contributed by atoms with Gasteiger partial charge in [-0.15, -0.1) is 0 Å². The number of nitrogens with zero attached hydrogens (tertiary/aromatic N) is 2. The lowest BCUT2D eigenvalue weighted by atomic mass is 10.2. The van der Waals surface area contributed by atoms with E-state index in [1.54, 1.807) is 24.6 Å². The van der Waals surface area contributed by atoms with Crippen molar-refractivity contribution in [3.8, 4) is 0 Å². The molecule has 0 saturated heterocycles. The largest absolute Gasteiger partial charge is 0.439 e. The molecule has 0 fully saturated rings. The van der Waals surface area contributed by atoms with E-state index >= 15 is 0 Å². The predicted molar refractivity (Wildman–Crippen MR) is 59.6 cm³/mol. The lowest BCUT2D eigenvalue weighted by molar-refractivity contribution is 0.101. The summed E-state index contributed by atoms with van der Waals surface area (Å²) in [5, 5.41) is 1.31. The van der Waals surface area contributed by atoms with Crippen LogP contribution in [0, 0.1) is 6.92 Å². The van der Waals surface area contributed by atoms with E-state index < -0.39 is 0 Å². The van der Waals surface area contributed by atoms with Crippen LogP contribution in [0.2, 0.25) is 0 Å². The fourth-order valence-electron chi connectivity index (χ4n) is 1.12. The normalized spacial score (nSPS) is 10.4. The molecule has 0 bridgehead atoms. The van der Waals surface area contributed by atoms with Crippen molar-refractivity contribution >= 4 is 17.5 Å². The van der Waals surface area contributed by atoms with Crippen LogP contribution in [-0.4, -0.2) is 15.8 Å². The Morgan fingerprint density at radius 2 is 2.25 bits per heavy atom. The van der Waals surface area contributed by atoms with Crippen molar-refractivity contribution in [3.05, 3.63) is 35.9 Å². The average molecular weight is 234 g/mol. The second kappa shape index (κ2) is 4.49. The minimum absolute atomic E-state index is 0.0102. The molecule has 0 radical (unpaired) electrons. The first-order valence-electron chi connectivity index (χ1n) is 4.72. The quantitative estimate of drug-likeness (QED) is 0.764. The van der Waals surface area contributed by atoms with E-state index in [0.29, 0.717) is 10.8 Å². The molecule has 2 heterocycles. The minimum atomic E-state index is 0.0102. The molecule has 5 heteroatoms. The second-order valence-corrected chi connectivity index (χ2v) is 4.27. The van der Waals surface area contributed by atoms with Crippen LogP contribution in [-0.2, 0) is 0 Å². The summed E-state index contributed by atoms with van der Waals surface area (Å²) in [6.07, 6.45) is 3.15. The first-order valence-corrected chi connectivity index (χ1v) is 5.54. The highest BCUT2D eigenvalue weighted by Crippen LogP contribution is 2.24. The molecule has 82 valence electrons. The van der Waals surface area contributed by atoms with Crippen molar-refractivity contribution in [1.29, 1.82) is 0 Å². The third-order valence-electron chi connectivity index (χ3n) is 1.93. The van der Waals surface area contributed by atoms with E-state index in [2.05, 4.69) is 9.97 Å². The Hall–Kier alpha value is -1.62.